The maximum Gasteiger partial charge on any atom is 0.348 e. The molecule has 8 heteroatoms. The van der Waals surface area contributed by atoms with E-state index in [0.717, 1.165) is 11.3 Å². The summed E-state index contributed by atoms with van der Waals surface area (Å²) in [6.07, 6.45) is 0. The summed E-state index contributed by atoms with van der Waals surface area (Å²) in [5.41, 5.74) is 7.01. The lowest BCUT2D eigenvalue weighted by molar-refractivity contribution is -0.134. The molecule has 0 amide bonds. The second kappa shape index (κ2) is 6.02. The van der Waals surface area contributed by atoms with Gasteiger partial charge in [-0.2, -0.15) is 0 Å². The van der Waals surface area contributed by atoms with Crippen LogP contribution in [0.25, 0.3) is 10.4 Å². The van der Waals surface area contributed by atoms with Crippen molar-refractivity contribution >= 4 is 46.3 Å². The fourth-order valence-electron chi connectivity index (χ4n) is 1.75. The van der Waals surface area contributed by atoms with Gasteiger partial charge in [-0.05, 0) is 17.7 Å². The minimum atomic E-state index is -1.18. The SMILES string of the molecule is Nc1cccc(-c2sc(C(=O)O)c(NCC(=O)O)c2Cl)c1. The maximum atomic E-state index is 11.3. The molecule has 0 fully saturated rings. The Bertz CT molecular complexity index is 714. The van der Waals surface area contributed by atoms with E-state index in [2.05, 4.69) is 5.32 Å². The number of carboxylic acids is 2. The predicted octanol–water partition coefficient (Wildman–Crippen LogP) is 2.85. The van der Waals surface area contributed by atoms with Crippen LogP contribution in [0.5, 0.6) is 0 Å². The van der Waals surface area contributed by atoms with Gasteiger partial charge in [0.1, 0.15) is 11.4 Å². The number of halogens is 1. The first-order valence-corrected chi connectivity index (χ1v) is 6.96. The van der Waals surface area contributed by atoms with Crippen molar-refractivity contribution < 1.29 is 19.8 Å². The maximum absolute atomic E-state index is 11.3. The highest BCUT2D eigenvalue weighted by Gasteiger charge is 2.22. The van der Waals surface area contributed by atoms with Crippen LogP contribution in [0.3, 0.4) is 0 Å². The smallest absolute Gasteiger partial charge is 0.348 e. The Morgan fingerprint density at radius 1 is 1.33 bits per heavy atom. The van der Waals surface area contributed by atoms with Crippen LogP contribution in [0.2, 0.25) is 5.02 Å². The number of carbonyl (C=O) groups is 2. The summed E-state index contributed by atoms with van der Waals surface area (Å²) in [5.74, 6) is -2.29. The molecule has 5 N–H and O–H groups in total. The molecule has 0 radical (unpaired) electrons. The van der Waals surface area contributed by atoms with Crippen LogP contribution in [0.15, 0.2) is 24.3 Å². The zero-order chi connectivity index (χ0) is 15.6. The van der Waals surface area contributed by atoms with Crippen molar-refractivity contribution in [2.75, 3.05) is 17.6 Å². The molecule has 110 valence electrons. The number of benzene rings is 1. The van der Waals surface area contributed by atoms with Crippen molar-refractivity contribution in [2.24, 2.45) is 0 Å². The molecular weight excluding hydrogens is 316 g/mol. The molecule has 0 saturated carbocycles. The van der Waals surface area contributed by atoms with Crippen LogP contribution in [-0.4, -0.2) is 28.7 Å². The lowest BCUT2D eigenvalue weighted by Gasteiger charge is -2.04. The van der Waals surface area contributed by atoms with Gasteiger partial charge in [0, 0.05) is 5.69 Å². The van der Waals surface area contributed by atoms with Crippen LogP contribution in [0, 0.1) is 0 Å². The van der Waals surface area contributed by atoms with Gasteiger partial charge in [-0.3, -0.25) is 4.79 Å². The first-order valence-electron chi connectivity index (χ1n) is 5.77. The van der Waals surface area contributed by atoms with E-state index in [9.17, 15) is 14.7 Å². The van der Waals surface area contributed by atoms with Crippen LogP contribution >= 0.6 is 22.9 Å². The number of thiophene rings is 1. The van der Waals surface area contributed by atoms with Crippen LogP contribution < -0.4 is 11.1 Å². The molecule has 0 aliphatic carbocycles. The standard InChI is InChI=1S/C13H11ClN2O4S/c14-9-10(16-5-8(17)18)12(13(19)20)21-11(9)6-2-1-3-7(15)4-6/h1-4,16H,5,15H2,(H,17,18)(H,19,20). The summed E-state index contributed by atoms with van der Waals surface area (Å²) in [6.45, 7) is -0.424. The quantitative estimate of drug-likeness (QED) is 0.628. The lowest BCUT2D eigenvalue weighted by Crippen LogP contribution is -2.13. The van der Waals surface area contributed by atoms with Gasteiger partial charge >= 0.3 is 11.9 Å². The normalized spacial score (nSPS) is 10.3. The number of anilines is 2. The van der Waals surface area contributed by atoms with Gasteiger partial charge in [0.15, 0.2) is 0 Å². The largest absolute Gasteiger partial charge is 0.480 e. The van der Waals surface area contributed by atoms with E-state index in [1.807, 2.05) is 0 Å². The van der Waals surface area contributed by atoms with E-state index in [-0.39, 0.29) is 15.6 Å². The van der Waals surface area contributed by atoms with Crippen molar-refractivity contribution in [3.8, 4) is 10.4 Å². The Hall–Kier alpha value is -2.25. The molecule has 2 aromatic rings. The Balaban J connectivity index is 2.51. The Morgan fingerprint density at radius 3 is 2.62 bits per heavy atom. The molecule has 0 saturated heterocycles. The van der Waals surface area contributed by atoms with E-state index in [1.54, 1.807) is 24.3 Å². The fourth-order valence-corrected chi connectivity index (χ4v) is 3.20. The molecule has 21 heavy (non-hydrogen) atoms. The van der Waals surface area contributed by atoms with E-state index in [4.69, 9.17) is 22.4 Å². The molecule has 1 aromatic heterocycles. The van der Waals surface area contributed by atoms with Crippen molar-refractivity contribution in [3.63, 3.8) is 0 Å². The minimum absolute atomic E-state index is 0.0429. The number of rotatable bonds is 5. The second-order valence-corrected chi connectivity index (χ2v) is 5.53. The number of nitrogen functional groups attached to an aromatic ring is 1. The molecule has 0 atom stereocenters. The molecule has 1 heterocycles. The van der Waals surface area contributed by atoms with Crippen molar-refractivity contribution in [1.82, 2.24) is 0 Å². The zero-order valence-corrected chi connectivity index (χ0v) is 12.2. The monoisotopic (exact) mass is 326 g/mol. The third-order valence-electron chi connectivity index (χ3n) is 2.61. The number of nitrogens with one attached hydrogen (secondary N) is 1. The highest BCUT2D eigenvalue weighted by atomic mass is 35.5. The zero-order valence-electron chi connectivity index (χ0n) is 10.6. The van der Waals surface area contributed by atoms with Gasteiger partial charge in [-0.1, -0.05) is 23.7 Å². The minimum Gasteiger partial charge on any atom is -0.480 e. The fraction of sp³-hybridized carbons (Fsp3) is 0.0769. The van der Waals surface area contributed by atoms with E-state index >= 15 is 0 Å². The Labute approximate surface area is 128 Å². The summed E-state index contributed by atoms with van der Waals surface area (Å²) in [5, 5.41) is 20.6. The first-order chi connectivity index (χ1) is 9.90. The van der Waals surface area contributed by atoms with Gasteiger partial charge in [-0.15, -0.1) is 11.3 Å². The predicted molar refractivity (Wildman–Crippen MR) is 82.3 cm³/mol. The number of nitrogens with two attached hydrogens (primary N) is 1. The molecule has 0 bridgehead atoms. The van der Waals surface area contributed by atoms with Crippen molar-refractivity contribution in [3.05, 3.63) is 34.2 Å². The van der Waals surface area contributed by atoms with Crippen molar-refractivity contribution in [2.45, 2.75) is 0 Å². The topological polar surface area (TPSA) is 113 Å². The highest BCUT2D eigenvalue weighted by Crippen LogP contribution is 2.44. The van der Waals surface area contributed by atoms with Gasteiger partial charge in [-0.25, -0.2) is 4.79 Å². The summed E-state index contributed by atoms with van der Waals surface area (Å²) < 4.78 is 0. The van der Waals surface area contributed by atoms with Crippen LogP contribution in [0.1, 0.15) is 9.67 Å². The Kier molecular flexibility index (Phi) is 4.35. The van der Waals surface area contributed by atoms with Crippen LogP contribution in [0.4, 0.5) is 11.4 Å². The van der Waals surface area contributed by atoms with Crippen LogP contribution in [-0.2, 0) is 4.79 Å². The van der Waals surface area contributed by atoms with Gasteiger partial charge < -0.3 is 21.3 Å². The summed E-state index contributed by atoms with van der Waals surface area (Å²) in [6, 6.07) is 6.85. The molecule has 2 rings (SSSR count). The Morgan fingerprint density at radius 2 is 2.05 bits per heavy atom. The molecule has 0 aliphatic rings. The van der Waals surface area contributed by atoms with E-state index in [0.29, 0.717) is 16.1 Å². The highest BCUT2D eigenvalue weighted by molar-refractivity contribution is 7.18. The number of hydrogen-bond acceptors (Lipinski definition) is 5. The van der Waals surface area contributed by atoms with E-state index in [1.165, 1.54) is 0 Å². The third-order valence-corrected chi connectivity index (χ3v) is 4.33. The van der Waals surface area contributed by atoms with Gasteiger partial charge in [0.2, 0.25) is 0 Å². The first kappa shape index (κ1) is 15.1. The molecular formula is C13H11ClN2O4S. The molecule has 0 unspecified atom stereocenters. The summed E-state index contributed by atoms with van der Waals surface area (Å²) in [7, 11) is 0. The third kappa shape index (κ3) is 3.26. The van der Waals surface area contributed by atoms with E-state index < -0.39 is 18.5 Å². The van der Waals surface area contributed by atoms with Gasteiger partial charge in [0.25, 0.3) is 0 Å². The number of aromatic carboxylic acids is 1. The summed E-state index contributed by atoms with van der Waals surface area (Å²) in [4.78, 5) is 22.4. The summed E-state index contributed by atoms with van der Waals surface area (Å²) >= 11 is 7.16. The lowest BCUT2D eigenvalue weighted by atomic mass is 10.1. The number of carboxylic acid groups (broad SMARTS) is 2. The van der Waals surface area contributed by atoms with Crippen molar-refractivity contribution in [1.29, 1.82) is 0 Å². The molecule has 0 aliphatic heterocycles. The molecule has 1 aromatic carbocycles. The number of hydrogen-bond donors (Lipinski definition) is 4. The molecule has 6 nitrogen and oxygen atoms in total. The van der Waals surface area contributed by atoms with Gasteiger partial charge in [0.05, 0.1) is 15.6 Å². The average Bonchev–Trinajstić information content (AvgIpc) is 2.73. The number of aliphatic carboxylic acids is 1. The molecule has 0 spiro atoms. The second-order valence-electron chi connectivity index (χ2n) is 4.13. The average molecular weight is 327 g/mol.